The van der Waals surface area contributed by atoms with Crippen LogP contribution in [0.5, 0.6) is 0 Å². The van der Waals surface area contributed by atoms with Gasteiger partial charge in [-0.05, 0) is 12.1 Å². The largest absolute Gasteiger partial charge is 0.417 e. The normalized spacial score (nSPS) is 30.5. The second kappa shape index (κ2) is 8.04. The van der Waals surface area contributed by atoms with Gasteiger partial charge in [0.25, 0.3) is 5.91 Å². The first-order valence-electron chi connectivity index (χ1n) is 11.2. The first-order chi connectivity index (χ1) is 17.3. The lowest BCUT2D eigenvalue weighted by atomic mass is 9.84. The molecule has 16 heteroatoms. The number of hydrogen-bond donors (Lipinski definition) is 6. The monoisotopic (exact) mass is 524 g/mol. The molecule has 1 aromatic rings. The van der Waals surface area contributed by atoms with E-state index >= 15 is 0 Å². The van der Waals surface area contributed by atoms with Crippen LogP contribution in [0, 0.1) is 0 Å². The summed E-state index contributed by atoms with van der Waals surface area (Å²) in [7, 11) is 0. The first kappa shape index (κ1) is 24.8. The van der Waals surface area contributed by atoms with Crippen molar-refractivity contribution in [1.29, 1.82) is 0 Å². The Morgan fingerprint density at radius 3 is 2.46 bits per heavy atom. The quantitative estimate of drug-likeness (QED) is 0.184. The summed E-state index contributed by atoms with van der Waals surface area (Å²) in [5, 5.41) is 27.7. The van der Waals surface area contributed by atoms with E-state index < -0.39 is 64.6 Å². The van der Waals surface area contributed by atoms with Crippen LogP contribution in [0.2, 0.25) is 0 Å². The summed E-state index contributed by atoms with van der Waals surface area (Å²) >= 11 is 0. The number of halogens is 3. The molecule has 0 aliphatic carbocycles. The number of likely N-dealkylation sites (tertiary alicyclic amines) is 1. The van der Waals surface area contributed by atoms with Gasteiger partial charge in [0.2, 0.25) is 17.6 Å². The number of rotatable bonds is 4. The lowest BCUT2D eigenvalue weighted by Gasteiger charge is -2.49. The molecular formula is C21H23F3N8O5. The molecule has 1 aromatic carbocycles. The van der Waals surface area contributed by atoms with Crippen LogP contribution >= 0.6 is 0 Å². The van der Waals surface area contributed by atoms with Crippen molar-refractivity contribution in [2.24, 2.45) is 21.5 Å². The number of nitrogens with one attached hydrogen (secondary N) is 2. The average Bonchev–Trinajstić information content (AvgIpc) is 3.41. The maximum atomic E-state index is 13.4. The second-order valence-electron chi connectivity index (χ2n) is 9.21. The molecule has 5 rings (SSSR count). The van der Waals surface area contributed by atoms with Gasteiger partial charge in [-0.25, -0.2) is 9.98 Å². The molecule has 0 unspecified atom stereocenters. The smallest absolute Gasteiger partial charge is 0.370 e. The molecule has 198 valence electrons. The zero-order valence-electron chi connectivity index (χ0n) is 19.1. The highest BCUT2D eigenvalue weighted by atomic mass is 19.4. The predicted octanol–water partition coefficient (Wildman–Crippen LogP) is -2.37. The zero-order valence-corrected chi connectivity index (χ0v) is 19.1. The van der Waals surface area contributed by atoms with Crippen LogP contribution in [0.1, 0.15) is 28.8 Å². The van der Waals surface area contributed by atoms with Gasteiger partial charge in [0.15, 0.2) is 17.6 Å². The van der Waals surface area contributed by atoms with Gasteiger partial charge in [0.05, 0.1) is 23.7 Å². The number of benzene rings is 1. The van der Waals surface area contributed by atoms with Crippen LogP contribution in [0.4, 0.5) is 13.2 Å². The Morgan fingerprint density at radius 1 is 1.16 bits per heavy atom. The molecule has 2 saturated heterocycles. The van der Waals surface area contributed by atoms with Crippen LogP contribution in [-0.2, 0) is 15.8 Å². The van der Waals surface area contributed by atoms with Gasteiger partial charge in [0.1, 0.15) is 12.1 Å². The SMILES string of the molecule is NC1=N[C@H]2[C@H](CN3C(=O)CCC3=O)N=C(N)N3C[C@H](NC(=O)c4ccccc4C(F)(F)F)C(O)(O)[C@]23N1. The summed E-state index contributed by atoms with van der Waals surface area (Å²) in [6.45, 7) is -0.647. The maximum Gasteiger partial charge on any atom is 0.417 e. The number of hydrogen-bond acceptors (Lipinski definition) is 11. The van der Waals surface area contributed by atoms with E-state index in [2.05, 4.69) is 20.6 Å². The highest BCUT2D eigenvalue weighted by molar-refractivity contribution is 6.02. The van der Waals surface area contributed by atoms with Crippen molar-refractivity contribution < 1.29 is 37.8 Å². The fourth-order valence-electron chi connectivity index (χ4n) is 5.41. The minimum atomic E-state index is -4.83. The van der Waals surface area contributed by atoms with E-state index in [1.807, 2.05) is 0 Å². The van der Waals surface area contributed by atoms with Crippen molar-refractivity contribution in [3.8, 4) is 0 Å². The van der Waals surface area contributed by atoms with E-state index in [9.17, 15) is 37.8 Å². The Morgan fingerprint density at radius 2 is 1.81 bits per heavy atom. The summed E-state index contributed by atoms with van der Waals surface area (Å²) in [6, 6.07) is 0.247. The molecular weight excluding hydrogens is 501 g/mol. The predicted molar refractivity (Wildman–Crippen MR) is 119 cm³/mol. The average molecular weight is 524 g/mol. The number of carbonyl (C=O) groups excluding carboxylic acids is 3. The van der Waals surface area contributed by atoms with Gasteiger partial charge >= 0.3 is 6.18 Å². The number of alkyl halides is 3. The number of carbonyl (C=O) groups is 3. The van der Waals surface area contributed by atoms with Crippen molar-refractivity contribution in [1.82, 2.24) is 20.4 Å². The highest BCUT2D eigenvalue weighted by Crippen LogP contribution is 2.45. The molecule has 8 N–H and O–H groups in total. The number of aliphatic imine (C=N–C) groups is 2. The number of nitrogens with zero attached hydrogens (tertiary/aromatic N) is 4. The lowest BCUT2D eigenvalue weighted by molar-refractivity contribution is -0.230. The second-order valence-corrected chi connectivity index (χ2v) is 9.21. The first-order valence-corrected chi connectivity index (χ1v) is 11.2. The Labute approximate surface area is 207 Å². The molecule has 13 nitrogen and oxygen atoms in total. The summed E-state index contributed by atoms with van der Waals surface area (Å²) in [5.41, 5.74) is 8.09. The van der Waals surface area contributed by atoms with Gasteiger partial charge in [-0.3, -0.25) is 19.3 Å². The molecule has 4 heterocycles. The van der Waals surface area contributed by atoms with Crippen LogP contribution < -0.4 is 22.1 Å². The number of amides is 3. The van der Waals surface area contributed by atoms with Crippen molar-refractivity contribution >= 4 is 29.6 Å². The summed E-state index contributed by atoms with van der Waals surface area (Å²) in [5.74, 6) is -5.44. The van der Waals surface area contributed by atoms with Crippen molar-refractivity contribution in [2.45, 2.75) is 48.6 Å². The topological polar surface area (TPSA) is 199 Å². The third-order valence-electron chi connectivity index (χ3n) is 7.11. The Balaban J connectivity index is 1.47. The molecule has 0 saturated carbocycles. The Kier molecular flexibility index (Phi) is 5.38. The van der Waals surface area contributed by atoms with Crippen molar-refractivity contribution in [3.05, 3.63) is 35.4 Å². The van der Waals surface area contributed by atoms with Crippen LogP contribution in [0.15, 0.2) is 34.3 Å². The standard InChI is InChI=1S/C21H23F3N8O5/c22-21(23,24)10-4-2-1-3-9(10)16(35)28-12-8-32-18(26)27-11(7-31-13(33)5-6-14(31)34)15-19(32,20(12,36)37)30-17(25)29-15/h1-4,11-12,15,36-37H,5-8H2,(H2,26,27)(H,28,35)(H3,25,29,30)/t11-,12-,15-,19-/m0/s1. The molecule has 0 radical (unpaired) electrons. The fraction of sp³-hybridized carbons (Fsp3) is 0.476. The summed E-state index contributed by atoms with van der Waals surface area (Å²) < 4.78 is 40.3. The van der Waals surface area contributed by atoms with E-state index in [-0.39, 0.29) is 37.9 Å². The number of guanidine groups is 2. The van der Waals surface area contributed by atoms with E-state index in [1.54, 1.807) is 0 Å². The Bertz CT molecular complexity index is 1230. The van der Waals surface area contributed by atoms with Crippen LogP contribution in [0.3, 0.4) is 0 Å². The molecule has 4 aliphatic heterocycles. The fourth-order valence-corrected chi connectivity index (χ4v) is 5.41. The zero-order chi connectivity index (χ0) is 26.9. The molecule has 4 aliphatic rings. The number of aliphatic hydroxyl groups is 2. The maximum absolute atomic E-state index is 13.4. The van der Waals surface area contributed by atoms with Gasteiger partial charge < -0.3 is 37.2 Å². The van der Waals surface area contributed by atoms with Crippen molar-refractivity contribution in [2.75, 3.05) is 13.1 Å². The lowest BCUT2D eigenvalue weighted by Crippen LogP contribution is -2.78. The molecule has 4 atom stereocenters. The minimum Gasteiger partial charge on any atom is -0.370 e. The Hall–Kier alpha value is -3.92. The number of nitrogens with two attached hydrogens (primary N) is 2. The molecule has 0 bridgehead atoms. The molecule has 37 heavy (non-hydrogen) atoms. The van der Waals surface area contributed by atoms with Gasteiger partial charge in [0, 0.05) is 19.4 Å². The van der Waals surface area contributed by atoms with Crippen LogP contribution in [0.25, 0.3) is 0 Å². The minimum absolute atomic E-state index is 0.0216. The van der Waals surface area contributed by atoms with Crippen molar-refractivity contribution in [3.63, 3.8) is 0 Å². The highest BCUT2D eigenvalue weighted by Gasteiger charge is 2.73. The summed E-state index contributed by atoms with van der Waals surface area (Å²) in [6.07, 6.45) is -4.79. The van der Waals surface area contributed by atoms with Gasteiger partial charge in [-0.1, -0.05) is 12.1 Å². The molecule has 2 fully saturated rings. The number of imide groups is 1. The van der Waals surface area contributed by atoms with Gasteiger partial charge in [-0.15, -0.1) is 0 Å². The van der Waals surface area contributed by atoms with Crippen LogP contribution in [-0.4, -0.2) is 92.3 Å². The third kappa shape index (κ3) is 3.58. The third-order valence-corrected chi connectivity index (χ3v) is 7.11. The van der Waals surface area contributed by atoms with E-state index in [0.29, 0.717) is 0 Å². The molecule has 1 spiro atoms. The van der Waals surface area contributed by atoms with Gasteiger partial charge in [-0.2, -0.15) is 13.2 Å². The van der Waals surface area contributed by atoms with E-state index in [4.69, 9.17) is 11.5 Å². The molecule has 3 amide bonds. The molecule has 0 aromatic heterocycles. The van der Waals surface area contributed by atoms with E-state index in [1.165, 1.54) is 11.0 Å². The summed E-state index contributed by atoms with van der Waals surface area (Å²) in [4.78, 5) is 47.9. The van der Waals surface area contributed by atoms with E-state index in [0.717, 1.165) is 23.1 Å².